The molecule has 1 aliphatic carbocycles. The SMILES string of the molecule is CCOC(=O)c1cccc(NS(=O)(=O)c2ccc(-c3cnc(C4CCC4)o3)s2)c1. The van der Waals surface area contributed by atoms with Crippen LogP contribution in [0.25, 0.3) is 10.6 Å². The van der Waals surface area contributed by atoms with Gasteiger partial charge in [0.2, 0.25) is 0 Å². The van der Waals surface area contributed by atoms with Crippen LogP contribution in [0.5, 0.6) is 0 Å². The smallest absolute Gasteiger partial charge is 0.338 e. The standard InChI is InChI=1S/C20H20N2O5S2/c1-2-26-20(23)14-7-4-8-15(11-14)22-29(24,25)18-10-9-17(28-18)16-12-21-19(27-16)13-5-3-6-13/h4,7-13,22H,2-3,5-6H2,1H3. The van der Waals surface area contributed by atoms with Crippen molar-refractivity contribution < 1.29 is 22.4 Å². The maximum Gasteiger partial charge on any atom is 0.338 e. The molecular formula is C20H20N2O5S2. The number of rotatable bonds is 7. The molecule has 0 bridgehead atoms. The van der Waals surface area contributed by atoms with Gasteiger partial charge >= 0.3 is 5.97 Å². The summed E-state index contributed by atoms with van der Waals surface area (Å²) in [6.45, 7) is 1.96. The first-order chi connectivity index (χ1) is 14.0. The van der Waals surface area contributed by atoms with Gasteiger partial charge in [-0.25, -0.2) is 18.2 Å². The highest BCUT2D eigenvalue weighted by atomic mass is 32.2. The average molecular weight is 433 g/mol. The van der Waals surface area contributed by atoms with E-state index < -0.39 is 16.0 Å². The lowest BCUT2D eigenvalue weighted by molar-refractivity contribution is 0.0526. The number of oxazole rings is 1. The Labute approximate surface area is 172 Å². The van der Waals surface area contributed by atoms with Gasteiger partial charge in [0.1, 0.15) is 4.21 Å². The van der Waals surface area contributed by atoms with E-state index in [2.05, 4.69) is 9.71 Å². The van der Waals surface area contributed by atoms with Gasteiger partial charge in [-0.1, -0.05) is 12.5 Å². The lowest BCUT2D eigenvalue weighted by Crippen LogP contribution is -2.12. The van der Waals surface area contributed by atoms with E-state index in [1.807, 2.05) is 0 Å². The maximum absolute atomic E-state index is 12.8. The van der Waals surface area contributed by atoms with E-state index in [9.17, 15) is 13.2 Å². The summed E-state index contributed by atoms with van der Waals surface area (Å²) in [6.07, 6.45) is 5.00. The van der Waals surface area contributed by atoms with Crippen LogP contribution < -0.4 is 4.72 Å². The molecule has 0 saturated heterocycles. The molecule has 7 nitrogen and oxygen atoms in total. The van der Waals surface area contributed by atoms with Gasteiger partial charge in [0.25, 0.3) is 10.0 Å². The van der Waals surface area contributed by atoms with Crippen LogP contribution >= 0.6 is 11.3 Å². The highest BCUT2D eigenvalue weighted by molar-refractivity contribution is 7.94. The third-order valence-electron chi connectivity index (χ3n) is 4.69. The van der Waals surface area contributed by atoms with Crippen LogP contribution in [0.2, 0.25) is 0 Å². The Kier molecular flexibility index (Phi) is 5.42. The van der Waals surface area contributed by atoms with Crippen LogP contribution in [0, 0.1) is 0 Å². The van der Waals surface area contributed by atoms with Gasteiger partial charge in [0.05, 0.1) is 23.2 Å². The number of hydrogen-bond donors (Lipinski definition) is 1. The van der Waals surface area contributed by atoms with Crippen molar-refractivity contribution in [1.29, 1.82) is 0 Å². The Morgan fingerprint density at radius 3 is 2.86 bits per heavy atom. The van der Waals surface area contributed by atoms with Gasteiger partial charge in [-0.15, -0.1) is 11.3 Å². The summed E-state index contributed by atoms with van der Waals surface area (Å²) in [4.78, 5) is 16.9. The molecule has 1 fully saturated rings. The number of aromatic nitrogens is 1. The molecule has 1 N–H and O–H groups in total. The fourth-order valence-corrected chi connectivity index (χ4v) is 5.27. The minimum atomic E-state index is -3.80. The van der Waals surface area contributed by atoms with Gasteiger partial charge < -0.3 is 9.15 Å². The first kappa shape index (κ1) is 19.7. The van der Waals surface area contributed by atoms with Crippen LogP contribution in [-0.2, 0) is 14.8 Å². The zero-order valence-corrected chi connectivity index (χ0v) is 17.4. The second-order valence-electron chi connectivity index (χ2n) is 6.72. The molecular weight excluding hydrogens is 412 g/mol. The van der Waals surface area contributed by atoms with Crippen LogP contribution in [0.3, 0.4) is 0 Å². The molecule has 0 amide bonds. The minimum Gasteiger partial charge on any atom is -0.462 e. The lowest BCUT2D eigenvalue weighted by Gasteiger charge is -2.21. The molecule has 1 aliphatic rings. The molecule has 0 aliphatic heterocycles. The predicted octanol–water partition coefficient (Wildman–Crippen LogP) is 4.65. The first-order valence-corrected chi connectivity index (χ1v) is 11.6. The fraction of sp³-hybridized carbons (Fsp3) is 0.300. The molecule has 2 heterocycles. The molecule has 3 aromatic rings. The van der Waals surface area contributed by atoms with Crippen LogP contribution in [0.4, 0.5) is 5.69 Å². The lowest BCUT2D eigenvalue weighted by atomic mass is 9.85. The Hall–Kier alpha value is -2.65. The number of sulfonamides is 1. The van der Waals surface area contributed by atoms with Crippen molar-refractivity contribution in [3.63, 3.8) is 0 Å². The Morgan fingerprint density at radius 2 is 2.14 bits per heavy atom. The Morgan fingerprint density at radius 1 is 1.31 bits per heavy atom. The number of nitrogens with zero attached hydrogens (tertiary/aromatic N) is 1. The minimum absolute atomic E-state index is 0.149. The molecule has 0 spiro atoms. The zero-order valence-electron chi connectivity index (χ0n) is 15.8. The largest absolute Gasteiger partial charge is 0.462 e. The summed E-state index contributed by atoms with van der Waals surface area (Å²) in [6, 6.07) is 9.44. The number of thiophene rings is 1. The third kappa shape index (κ3) is 4.20. The molecule has 4 rings (SSSR count). The fourth-order valence-electron chi connectivity index (χ4n) is 2.97. The van der Waals surface area contributed by atoms with Crippen molar-refractivity contribution in [2.24, 2.45) is 0 Å². The van der Waals surface area contributed by atoms with E-state index in [0.29, 0.717) is 16.6 Å². The summed E-state index contributed by atoms with van der Waals surface area (Å²) in [5.74, 6) is 1.17. The summed E-state index contributed by atoms with van der Waals surface area (Å²) in [5, 5.41) is 0. The van der Waals surface area contributed by atoms with Crippen molar-refractivity contribution in [2.75, 3.05) is 11.3 Å². The number of nitrogens with one attached hydrogen (secondary N) is 1. The molecule has 29 heavy (non-hydrogen) atoms. The van der Waals surface area contributed by atoms with E-state index in [1.165, 1.54) is 18.6 Å². The van der Waals surface area contributed by atoms with Gasteiger partial charge in [-0.05, 0) is 50.1 Å². The average Bonchev–Trinajstić information content (AvgIpc) is 3.30. The Bertz CT molecular complexity index is 1130. The molecule has 9 heteroatoms. The van der Waals surface area contributed by atoms with E-state index in [4.69, 9.17) is 9.15 Å². The summed E-state index contributed by atoms with van der Waals surface area (Å²) in [5.41, 5.74) is 0.571. The van der Waals surface area contributed by atoms with Crippen LogP contribution in [0.15, 0.2) is 51.2 Å². The highest BCUT2D eigenvalue weighted by Gasteiger charge is 2.25. The van der Waals surface area contributed by atoms with Crippen molar-refractivity contribution in [3.05, 3.63) is 54.0 Å². The summed E-state index contributed by atoms with van der Waals surface area (Å²) in [7, 11) is -3.80. The van der Waals surface area contributed by atoms with Gasteiger partial charge in [-0.2, -0.15) is 0 Å². The van der Waals surface area contributed by atoms with Crippen molar-refractivity contribution >= 4 is 33.0 Å². The topological polar surface area (TPSA) is 98.5 Å². The van der Waals surface area contributed by atoms with E-state index in [1.54, 1.807) is 37.4 Å². The molecule has 1 aromatic carbocycles. The zero-order chi connectivity index (χ0) is 20.4. The maximum atomic E-state index is 12.8. The highest BCUT2D eigenvalue weighted by Crippen LogP contribution is 2.38. The van der Waals surface area contributed by atoms with Crippen molar-refractivity contribution in [3.8, 4) is 10.6 Å². The molecule has 1 saturated carbocycles. The van der Waals surface area contributed by atoms with Crippen LogP contribution in [0.1, 0.15) is 48.4 Å². The molecule has 2 aromatic heterocycles. The van der Waals surface area contributed by atoms with Crippen molar-refractivity contribution in [2.45, 2.75) is 36.3 Å². The summed E-state index contributed by atoms with van der Waals surface area (Å²) >= 11 is 1.11. The monoisotopic (exact) mass is 432 g/mol. The van der Waals surface area contributed by atoms with E-state index in [-0.39, 0.29) is 22.1 Å². The van der Waals surface area contributed by atoms with E-state index in [0.717, 1.165) is 30.1 Å². The summed E-state index contributed by atoms with van der Waals surface area (Å²) < 4.78 is 38.9. The number of anilines is 1. The van der Waals surface area contributed by atoms with Gasteiger partial charge in [0.15, 0.2) is 11.7 Å². The van der Waals surface area contributed by atoms with E-state index >= 15 is 0 Å². The number of esters is 1. The van der Waals surface area contributed by atoms with Crippen molar-refractivity contribution in [1.82, 2.24) is 4.98 Å². The Balaban J connectivity index is 1.52. The molecule has 0 radical (unpaired) electrons. The number of hydrogen-bond acceptors (Lipinski definition) is 7. The first-order valence-electron chi connectivity index (χ1n) is 9.32. The normalized spacial score (nSPS) is 14.4. The quantitative estimate of drug-likeness (QED) is 0.546. The molecule has 152 valence electrons. The van der Waals surface area contributed by atoms with Gasteiger partial charge in [-0.3, -0.25) is 4.72 Å². The molecule has 0 atom stereocenters. The third-order valence-corrected chi connectivity index (χ3v) is 7.67. The predicted molar refractivity (Wildman–Crippen MR) is 110 cm³/mol. The van der Waals surface area contributed by atoms with Gasteiger partial charge in [0, 0.05) is 11.6 Å². The number of benzene rings is 1. The second kappa shape index (κ2) is 8.00. The number of carbonyl (C=O) groups excluding carboxylic acids is 1. The molecule has 0 unspecified atom stereocenters. The number of ether oxygens (including phenoxy) is 1. The van der Waals surface area contributed by atoms with Crippen LogP contribution in [-0.4, -0.2) is 26.0 Å². The second-order valence-corrected chi connectivity index (χ2v) is 9.71. The number of carbonyl (C=O) groups is 1.